The Labute approximate surface area is 152 Å². The summed E-state index contributed by atoms with van der Waals surface area (Å²) in [4.78, 5) is 4.22. The lowest BCUT2D eigenvalue weighted by Crippen LogP contribution is -2.37. The van der Waals surface area contributed by atoms with E-state index in [-0.39, 0.29) is 24.0 Å². The maximum Gasteiger partial charge on any atom is 0.191 e. The summed E-state index contributed by atoms with van der Waals surface area (Å²) in [6.07, 6.45) is 2.33. The zero-order valence-corrected chi connectivity index (χ0v) is 16.5. The molecule has 0 aliphatic rings. The molecule has 0 saturated carbocycles. The van der Waals surface area contributed by atoms with Crippen molar-refractivity contribution in [1.29, 1.82) is 0 Å². The fourth-order valence-corrected chi connectivity index (χ4v) is 1.80. The number of benzene rings is 1. The lowest BCUT2D eigenvalue weighted by Gasteiger charge is -2.13. The van der Waals surface area contributed by atoms with Crippen molar-refractivity contribution in [1.82, 2.24) is 10.6 Å². The Morgan fingerprint density at radius 2 is 2.05 bits per heavy atom. The highest BCUT2D eigenvalue weighted by molar-refractivity contribution is 14.0. The van der Waals surface area contributed by atoms with Gasteiger partial charge >= 0.3 is 0 Å². The Bertz CT molecular complexity index is 436. The monoisotopic (exact) mass is 419 g/mol. The van der Waals surface area contributed by atoms with Gasteiger partial charge in [-0.25, -0.2) is 0 Å². The first-order chi connectivity index (χ1) is 10.2. The second-order valence-electron chi connectivity index (χ2n) is 5.56. The van der Waals surface area contributed by atoms with Crippen LogP contribution in [-0.2, 0) is 6.54 Å². The van der Waals surface area contributed by atoms with E-state index >= 15 is 0 Å². The third-order valence-corrected chi connectivity index (χ3v) is 2.99. The fourth-order valence-electron chi connectivity index (χ4n) is 1.80. The van der Waals surface area contributed by atoms with Crippen LogP contribution in [0.4, 0.5) is 0 Å². The molecule has 1 aromatic rings. The highest BCUT2D eigenvalue weighted by atomic mass is 127. The molecule has 1 aromatic carbocycles. The number of rotatable bonds is 8. The number of nitrogens with zero attached hydrogens (tertiary/aromatic N) is 1. The van der Waals surface area contributed by atoms with E-state index in [2.05, 4.69) is 48.5 Å². The fraction of sp³-hybridized carbons (Fsp3) is 0.588. The van der Waals surface area contributed by atoms with Gasteiger partial charge < -0.3 is 15.4 Å². The highest BCUT2D eigenvalue weighted by Crippen LogP contribution is 2.14. The number of guanidine groups is 1. The molecule has 126 valence electrons. The molecule has 22 heavy (non-hydrogen) atoms. The topological polar surface area (TPSA) is 45.7 Å². The van der Waals surface area contributed by atoms with Gasteiger partial charge in [0.05, 0.1) is 6.61 Å². The summed E-state index contributed by atoms with van der Waals surface area (Å²) in [6, 6.07) is 8.20. The molecular weight excluding hydrogens is 389 g/mol. The molecule has 0 unspecified atom stereocenters. The van der Waals surface area contributed by atoms with Crippen LogP contribution in [0.2, 0.25) is 0 Å². The second kappa shape index (κ2) is 12.6. The molecule has 0 aliphatic heterocycles. The number of aliphatic imine (C=N–C) groups is 1. The van der Waals surface area contributed by atoms with Crippen molar-refractivity contribution in [2.24, 2.45) is 10.9 Å². The SMILES string of the molecule is CCCCNC(=NC)NCc1cccc(OCC(C)C)c1.I. The van der Waals surface area contributed by atoms with Crippen molar-refractivity contribution < 1.29 is 4.74 Å². The van der Waals surface area contributed by atoms with Gasteiger partial charge in [0.1, 0.15) is 5.75 Å². The van der Waals surface area contributed by atoms with Crippen LogP contribution in [-0.4, -0.2) is 26.2 Å². The Kier molecular flexibility index (Phi) is 12.0. The lowest BCUT2D eigenvalue weighted by molar-refractivity contribution is 0.271. The van der Waals surface area contributed by atoms with Crippen LogP contribution in [0.5, 0.6) is 5.75 Å². The Balaban J connectivity index is 0.00000441. The minimum Gasteiger partial charge on any atom is -0.493 e. The van der Waals surface area contributed by atoms with Gasteiger partial charge in [0.15, 0.2) is 5.96 Å². The van der Waals surface area contributed by atoms with Crippen molar-refractivity contribution >= 4 is 29.9 Å². The van der Waals surface area contributed by atoms with E-state index in [0.29, 0.717) is 5.92 Å². The van der Waals surface area contributed by atoms with Gasteiger partial charge in [-0.1, -0.05) is 39.3 Å². The molecule has 0 radical (unpaired) electrons. The molecule has 0 heterocycles. The maximum atomic E-state index is 5.75. The standard InChI is InChI=1S/C17H29N3O.HI/c1-5-6-10-19-17(18-4)20-12-15-8-7-9-16(11-15)21-13-14(2)3;/h7-9,11,14H,5-6,10,12-13H2,1-4H3,(H2,18,19,20);1H. The van der Waals surface area contributed by atoms with E-state index in [4.69, 9.17) is 4.74 Å². The number of unbranched alkanes of at least 4 members (excludes halogenated alkanes) is 1. The maximum absolute atomic E-state index is 5.75. The third kappa shape index (κ3) is 9.12. The van der Waals surface area contributed by atoms with Gasteiger partial charge in [-0.05, 0) is 30.0 Å². The van der Waals surface area contributed by atoms with Crippen molar-refractivity contribution in [3.8, 4) is 5.75 Å². The van der Waals surface area contributed by atoms with Crippen LogP contribution in [0, 0.1) is 5.92 Å². The minimum absolute atomic E-state index is 0. The van der Waals surface area contributed by atoms with Crippen LogP contribution < -0.4 is 15.4 Å². The average Bonchev–Trinajstić information content (AvgIpc) is 2.49. The minimum atomic E-state index is 0. The molecule has 0 aliphatic carbocycles. The van der Waals surface area contributed by atoms with Crippen molar-refractivity contribution in [2.75, 3.05) is 20.2 Å². The van der Waals surface area contributed by atoms with E-state index in [1.54, 1.807) is 7.05 Å². The normalized spacial score (nSPS) is 11.0. The quantitative estimate of drug-likeness (QED) is 0.292. The van der Waals surface area contributed by atoms with E-state index in [1.807, 2.05) is 12.1 Å². The highest BCUT2D eigenvalue weighted by Gasteiger charge is 2.01. The molecule has 0 atom stereocenters. The summed E-state index contributed by atoms with van der Waals surface area (Å²) in [5.74, 6) is 2.31. The van der Waals surface area contributed by atoms with Gasteiger partial charge in [0.2, 0.25) is 0 Å². The Hall–Kier alpha value is -0.980. The van der Waals surface area contributed by atoms with Crippen LogP contribution in [0.1, 0.15) is 39.2 Å². The predicted octanol–water partition coefficient (Wildman–Crippen LogP) is 3.80. The number of halogens is 1. The second-order valence-corrected chi connectivity index (χ2v) is 5.56. The summed E-state index contributed by atoms with van der Waals surface area (Å²) in [7, 11) is 1.80. The molecule has 1 rings (SSSR count). The summed E-state index contributed by atoms with van der Waals surface area (Å²) >= 11 is 0. The summed E-state index contributed by atoms with van der Waals surface area (Å²) in [5.41, 5.74) is 1.19. The molecule has 0 bridgehead atoms. The molecule has 4 nitrogen and oxygen atoms in total. The van der Waals surface area contributed by atoms with Gasteiger partial charge in [0.25, 0.3) is 0 Å². The van der Waals surface area contributed by atoms with Crippen LogP contribution in [0.3, 0.4) is 0 Å². The van der Waals surface area contributed by atoms with Crippen molar-refractivity contribution in [3.63, 3.8) is 0 Å². The van der Waals surface area contributed by atoms with Crippen molar-refractivity contribution in [2.45, 2.75) is 40.2 Å². The Morgan fingerprint density at radius 1 is 1.27 bits per heavy atom. The van der Waals surface area contributed by atoms with E-state index < -0.39 is 0 Å². The number of hydrogen-bond acceptors (Lipinski definition) is 2. The largest absolute Gasteiger partial charge is 0.493 e. The summed E-state index contributed by atoms with van der Waals surface area (Å²) < 4.78 is 5.75. The zero-order valence-electron chi connectivity index (χ0n) is 14.2. The first kappa shape index (κ1) is 21.0. The lowest BCUT2D eigenvalue weighted by atomic mass is 10.2. The van der Waals surface area contributed by atoms with E-state index in [1.165, 1.54) is 12.0 Å². The molecule has 0 amide bonds. The van der Waals surface area contributed by atoms with E-state index in [9.17, 15) is 0 Å². The van der Waals surface area contributed by atoms with Crippen LogP contribution in [0.25, 0.3) is 0 Å². The van der Waals surface area contributed by atoms with Crippen LogP contribution in [0.15, 0.2) is 29.3 Å². The molecule has 0 aromatic heterocycles. The summed E-state index contributed by atoms with van der Waals surface area (Å²) in [6.45, 7) is 8.92. The third-order valence-electron chi connectivity index (χ3n) is 2.99. The molecule has 0 saturated heterocycles. The molecule has 5 heteroatoms. The first-order valence-corrected chi connectivity index (χ1v) is 7.82. The van der Waals surface area contributed by atoms with Gasteiger partial charge in [-0.3, -0.25) is 4.99 Å². The van der Waals surface area contributed by atoms with Gasteiger partial charge in [-0.2, -0.15) is 0 Å². The molecule has 0 spiro atoms. The van der Waals surface area contributed by atoms with Gasteiger partial charge in [0, 0.05) is 20.1 Å². The number of ether oxygens (including phenoxy) is 1. The summed E-state index contributed by atoms with van der Waals surface area (Å²) in [5, 5.41) is 6.62. The zero-order chi connectivity index (χ0) is 15.5. The van der Waals surface area contributed by atoms with Gasteiger partial charge in [-0.15, -0.1) is 24.0 Å². The first-order valence-electron chi connectivity index (χ1n) is 7.82. The molecule has 0 fully saturated rings. The number of nitrogens with one attached hydrogen (secondary N) is 2. The van der Waals surface area contributed by atoms with Crippen molar-refractivity contribution in [3.05, 3.63) is 29.8 Å². The number of hydrogen-bond donors (Lipinski definition) is 2. The molecule has 2 N–H and O–H groups in total. The van der Waals surface area contributed by atoms with E-state index in [0.717, 1.165) is 37.8 Å². The predicted molar refractivity (Wildman–Crippen MR) is 105 cm³/mol. The average molecular weight is 419 g/mol. The van der Waals surface area contributed by atoms with Crippen LogP contribution >= 0.6 is 24.0 Å². The molecular formula is C17H30IN3O. The Morgan fingerprint density at radius 3 is 2.68 bits per heavy atom. The smallest absolute Gasteiger partial charge is 0.191 e.